The number of allylic oxidation sites excluding steroid dienone is 2. The van der Waals surface area contributed by atoms with Crippen LogP contribution in [0.5, 0.6) is 11.5 Å². The van der Waals surface area contributed by atoms with E-state index in [1.165, 1.54) is 40.8 Å². The van der Waals surface area contributed by atoms with Crippen LogP contribution in [0.3, 0.4) is 0 Å². The van der Waals surface area contributed by atoms with Gasteiger partial charge in [0.15, 0.2) is 5.78 Å². The van der Waals surface area contributed by atoms with Crippen LogP contribution in [-0.2, 0) is 35.7 Å². The van der Waals surface area contributed by atoms with E-state index in [1.54, 1.807) is 0 Å². The standard InChI is InChI=1S/C28H26NO.C13H24O2.Ir/c1-16-18-9-7-6-8-17(18)14-20-25-23-19(10-13-29-25)24-21(15-22(23)30-26(16)20)27(2,3)11-12-28(24,4)5;1-5-10(6-2)12(14)9-13(15)11(7-3)8-4;/h6-10,13,15H,11-12H2,1-5H3;9-11,14H,5-8H2,1-4H3;/q-1;;/b;12-9-;. The maximum absolute atomic E-state index is 11.7. The zero-order valence-corrected chi connectivity index (χ0v) is 31.5. The quantitative estimate of drug-likeness (QED) is 0.101. The Bertz CT molecular complexity index is 1780. The molecule has 46 heavy (non-hydrogen) atoms. The van der Waals surface area contributed by atoms with Crippen molar-refractivity contribution in [2.75, 3.05) is 0 Å². The Balaban J connectivity index is 0.000000259. The summed E-state index contributed by atoms with van der Waals surface area (Å²) in [4.78, 5) is 16.6. The molecule has 1 aliphatic heterocycles. The molecule has 5 heteroatoms. The summed E-state index contributed by atoms with van der Waals surface area (Å²) in [5.74, 6) is 2.39. The average molecular weight is 797 g/mol. The van der Waals surface area contributed by atoms with Crippen molar-refractivity contribution in [2.24, 2.45) is 11.8 Å². The molecule has 2 heterocycles. The van der Waals surface area contributed by atoms with E-state index in [2.05, 4.69) is 77.1 Å². The molecule has 0 amide bonds. The number of aliphatic hydroxyl groups is 1. The van der Waals surface area contributed by atoms with Crippen LogP contribution in [0.15, 0.2) is 54.4 Å². The molecule has 0 saturated heterocycles. The van der Waals surface area contributed by atoms with Gasteiger partial charge in [-0.05, 0) is 84.9 Å². The summed E-state index contributed by atoms with van der Waals surface area (Å²) in [6.45, 7) is 19.7. The topological polar surface area (TPSA) is 59.4 Å². The zero-order valence-electron chi connectivity index (χ0n) is 29.1. The van der Waals surface area contributed by atoms with E-state index in [4.69, 9.17) is 9.72 Å². The molecule has 4 aromatic rings. The normalized spacial score (nSPS) is 15.8. The molecule has 1 aliphatic carbocycles. The summed E-state index contributed by atoms with van der Waals surface area (Å²) >= 11 is 0. The van der Waals surface area contributed by atoms with Crippen molar-refractivity contribution in [1.82, 2.24) is 4.98 Å². The molecule has 0 spiro atoms. The Morgan fingerprint density at radius 1 is 0.957 bits per heavy atom. The number of benzene rings is 3. The molecule has 0 unspecified atom stereocenters. The Hall–Kier alpha value is -3.01. The molecule has 2 aliphatic rings. The molecule has 1 aromatic heterocycles. The maximum Gasteiger partial charge on any atom is 0.162 e. The van der Waals surface area contributed by atoms with E-state index < -0.39 is 0 Å². The van der Waals surface area contributed by atoms with Gasteiger partial charge < -0.3 is 9.84 Å². The van der Waals surface area contributed by atoms with Gasteiger partial charge >= 0.3 is 0 Å². The second-order valence-corrected chi connectivity index (χ2v) is 14.2. The Kier molecular flexibility index (Phi) is 10.9. The average Bonchev–Trinajstić information content (AvgIpc) is 3.01. The second kappa shape index (κ2) is 14.0. The number of aromatic nitrogens is 1. The molecule has 0 saturated carbocycles. The molecule has 0 atom stereocenters. The van der Waals surface area contributed by atoms with E-state index in [-0.39, 0.29) is 54.3 Å². The number of ether oxygens (including phenoxy) is 1. The number of hydrogen-bond donors (Lipinski definition) is 1. The van der Waals surface area contributed by atoms with E-state index in [9.17, 15) is 9.90 Å². The Labute approximate surface area is 289 Å². The van der Waals surface area contributed by atoms with Gasteiger partial charge in [0.1, 0.15) is 5.75 Å². The van der Waals surface area contributed by atoms with Gasteiger partial charge in [-0.15, -0.1) is 17.5 Å². The number of carbonyl (C=O) groups is 1. The van der Waals surface area contributed by atoms with Crippen LogP contribution >= 0.6 is 0 Å². The Morgan fingerprint density at radius 3 is 2.24 bits per heavy atom. The SMILES string of the molecule is CCC(CC)C(=O)/C=C(\O)C(CC)CC.Cc1c2c([c-]c3ccccc13)-c1nccc3c4c(cc(c13)O2)C(C)(C)CCC4(C)C.[Ir]. The zero-order chi connectivity index (χ0) is 32.7. The molecular formula is C41H50IrNO3-. The number of aliphatic hydroxyl groups excluding tert-OH is 1. The van der Waals surface area contributed by atoms with Crippen molar-refractivity contribution in [3.63, 3.8) is 0 Å². The third-order valence-corrected chi connectivity index (χ3v) is 10.5. The molecule has 3 aromatic carbocycles. The minimum absolute atomic E-state index is 0. The largest absolute Gasteiger partial charge is 0.512 e. The van der Waals surface area contributed by atoms with Gasteiger partial charge in [0, 0.05) is 55.3 Å². The third-order valence-electron chi connectivity index (χ3n) is 10.5. The van der Waals surface area contributed by atoms with Crippen LogP contribution < -0.4 is 4.74 Å². The van der Waals surface area contributed by atoms with E-state index >= 15 is 0 Å². The maximum atomic E-state index is 11.7. The van der Waals surface area contributed by atoms with Crippen LogP contribution in [0.2, 0.25) is 0 Å². The monoisotopic (exact) mass is 797 g/mol. The molecule has 1 radical (unpaired) electrons. The number of hydrogen-bond acceptors (Lipinski definition) is 4. The molecule has 0 bridgehead atoms. The minimum Gasteiger partial charge on any atom is -0.512 e. The number of aryl methyl sites for hydroxylation is 1. The number of ketones is 1. The Morgan fingerprint density at radius 2 is 1.59 bits per heavy atom. The summed E-state index contributed by atoms with van der Waals surface area (Å²) in [6.07, 6.45) is 9.24. The van der Waals surface area contributed by atoms with Crippen molar-refractivity contribution in [1.29, 1.82) is 0 Å². The second-order valence-electron chi connectivity index (χ2n) is 14.2. The van der Waals surface area contributed by atoms with Crippen molar-refractivity contribution >= 4 is 27.3 Å². The van der Waals surface area contributed by atoms with Crippen LogP contribution in [0, 0.1) is 24.8 Å². The van der Waals surface area contributed by atoms with Gasteiger partial charge in [-0.3, -0.25) is 9.78 Å². The predicted molar refractivity (Wildman–Crippen MR) is 187 cm³/mol. The van der Waals surface area contributed by atoms with Crippen molar-refractivity contribution in [2.45, 2.75) is 112 Å². The number of rotatable bonds is 7. The molecule has 0 fully saturated rings. The summed E-state index contributed by atoms with van der Waals surface area (Å²) in [5.41, 5.74) is 6.28. The predicted octanol–water partition coefficient (Wildman–Crippen LogP) is 11.5. The molecule has 6 rings (SSSR count). The first kappa shape index (κ1) is 35.8. The number of fused-ring (bicyclic) bond motifs is 5. The summed E-state index contributed by atoms with van der Waals surface area (Å²) in [7, 11) is 0. The van der Waals surface area contributed by atoms with Gasteiger partial charge in [0.2, 0.25) is 0 Å². The first-order valence-corrected chi connectivity index (χ1v) is 16.9. The van der Waals surface area contributed by atoms with Crippen LogP contribution in [-0.4, -0.2) is 15.9 Å². The van der Waals surface area contributed by atoms with Crippen molar-refractivity contribution in [3.05, 3.63) is 77.2 Å². The van der Waals surface area contributed by atoms with Gasteiger partial charge in [-0.25, -0.2) is 0 Å². The van der Waals surface area contributed by atoms with Crippen molar-refractivity contribution < 1.29 is 34.7 Å². The first-order valence-electron chi connectivity index (χ1n) is 16.9. The van der Waals surface area contributed by atoms with Crippen LogP contribution in [0.25, 0.3) is 32.8 Å². The van der Waals surface area contributed by atoms with E-state index in [1.807, 2.05) is 33.9 Å². The summed E-state index contributed by atoms with van der Waals surface area (Å²) in [6, 6.07) is 16.5. The van der Waals surface area contributed by atoms with E-state index in [0.29, 0.717) is 0 Å². The summed E-state index contributed by atoms with van der Waals surface area (Å²) < 4.78 is 6.64. The molecule has 247 valence electrons. The van der Waals surface area contributed by atoms with Crippen molar-refractivity contribution in [3.8, 4) is 22.8 Å². The van der Waals surface area contributed by atoms with Gasteiger partial charge in [-0.2, -0.15) is 0 Å². The molecular weight excluding hydrogens is 747 g/mol. The van der Waals surface area contributed by atoms with E-state index in [0.717, 1.165) is 64.8 Å². The van der Waals surface area contributed by atoms with Gasteiger partial charge in [-0.1, -0.05) is 90.1 Å². The van der Waals surface area contributed by atoms with Crippen LogP contribution in [0.1, 0.15) is 111 Å². The summed E-state index contributed by atoms with van der Waals surface area (Å²) in [5, 5.41) is 14.5. The number of carbonyl (C=O) groups excluding carboxylic acids is 1. The molecule has 4 nitrogen and oxygen atoms in total. The van der Waals surface area contributed by atoms with Gasteiger partial charge in [0.05, 0.1) is 11.5 Å². The smallest absolute Gasteiger partial charge is 0.162 e. The van der Waals surface area contributed by atoms with Gasteiger partial charge in [0.25, 0.3) is 0 Å². The number of nitrogens with zero attached hydrogens (tertiary/aromatic N) is 1. The van der Waals surface area contributed by atoms with Crippen LogP contribution in [0.4, 0.5) is 0 Å². The minimum atomic E-state index is 0. The third kappa shape index (κ3) is 6.43. The fourth-order valence-corrected chi connectivity index (χ4v) is 7.36. The fraction of sp³-hybridized carbons (Fsp3) is 0.463. The molecule has 1 N–H and O–H groups in total. The first-order chi connectivity index (χ1) is 21.4. The fourth-order valence-electron chi connectivity index (χ4n) is 7.36. The number of pyridine rings is 1.